The van der Waals surface area contributed by atoms with Crippen LogP contribution in [0.25, 0.3) is 0 Å². The first-order valence-electron chi connectivity index (χ1n) is 11.5. The molecule has 1 heterocycles. The van der Waals surface area contributed by atoms with Crippen molar-refractivity contribution < 1.29 is 19.1 Å². The molecule has 6 heteroatoms. The van der Waals surface area contributed by atoms with Crippen LogP contribution in [-0.4, -0.2) is 37.4 Å². The summed E-state index contributed by atoms with van der Waals surface area (Å²) in [5, 5.41) is 2.80. The molecule has 1 fully saturated rings. The number of aryl methyl sites for hydroxylation is 3. The van der Waals surface area contributed by atoms with Crippen LogP contribution in [0, 0.1) is 6.92 Å². The molecule has 4 rings (SSSR count). The highest BCUT2D eigenvalue weighted by Crippen LogP contribution is 2.26. The Morgan fingerprint density at radius 3 is 2.50 bits per heavy atom. The van der Waals surface area contributed by atoms with E-state index in [1.165, 1.54) is 24.0 Å². The SMILES string of the molecule is Cc1cc(N2CCCC2)ccc1NC(=O)COC(=O)CCC(=O)c1ccc2c(c1)CCC2. The van der Waals surface area contributed by atoms with Gasteiger partial charge >= 0.3 is 5.97 Å². The van der Waals surface area contributed by atoms with Gasteiger partial charge < -0.3 is 15.0 Å². The van der Waals surface area contributed by atoms with Crippen molar-refractivity contribution in [3.8, 4) is 0 Å². The van der Waals surface area contributed by atoms with Gasteiger partial charge in [-0.2, -0.15) is 0 Å². The van der Waals surface area contributed by atoms with E-state index in [2.05, 4.69) is 16.3 Å². The fourth-order valence-electron chi connectivity index (χ4n) is 4.47. The molecule has 2 aliphatic rings. The van der Waals surface area contributed by atoms with Gasteiger partial charge in [-0.25, -0.2) is 0 Å². The zero-order valence-electron chi connectivity index (χ0n) is 18.6. The van der Waals surface area contributed by atoms with Gasteiger partial charge in [0.05, 0.1) is 6.42 Å². The summed E-state index contributed by atoms with van der Waals surface area (Å²) in [5.74, 6) is -1.01. The predicted molar refractivity (Wildman–Crippen MR) is 124 cm³/mol. The smallest absolute Gasteiger partial charge is 0.306 e. The van der Waals surface area contributed by atoms with Gasteiger partial charge in [0.2, 0.25) is 0 Å². The van der Waals surface area contributed by atoms with Gasteiger partial charge in [-0.3, -0.25) is 14.4 Å². The Morgan fingerprint density at radius 1 is 0.938 bits per heavy atom. The Kier molecular flexibility index (Phi) is 6.88. The fourth-order valence-corrected chi connectivity index (χ4v) is 4.47. The summed E-state index contributed by atoms with van der Waals surface area (Å²) >= 11 is 0. The summed E-state index contributed by atoms with van der Waals surface area (Å²) in [6.07, 6.45) is 5.67. The van der Waals surface area contributed by atoms with Crippen molar-refractivity contribution in [3.05, 3.63) is 58.7 Å². The van der Waals surface area contributed by atoms with Gasteiger partial charge in [0.15, 0.2) is 12.4 Å². The summed E-state index contributed by atoms with van der Waals surface area (Å²) in [5.41, 5.74) is 6.03. The van der Waals surface area contributed by atoms with Gasteiger partial charge in [0.25, 0.3) is 5.91 Å². The molecule has 0 aromatic heterocycles. The average molecular weight is 435 g/mol. The standard InChI is InChI=1S/C26H30N2O4/c1-18-15-22(28-13-2-3-14-28)9-10-23(18)27-25(30)17-32-26(31)12-11-24(29)21-8-7-19-5-4-6-20(19)16-21/h7-10,15-16H,2-6,11-14,17H2,1H3,(H,27,30). The largest absolute Gasteiger partial charge is 0.456 e. The second-order valence-electron chi connectivity index (χ2n) is 8.66. The third-order valence-electron chi connectivity index (χ3n) is 6.30. The maximum Gasteiger partial charge on any atom is 0.306 e. The highest BCUT2D eigenvalue weighted by atomic mass is 16.5. The van der Waals surface area contributed by atoms with E-state index in [0.29, 0.717) is 11.3 Å². The minimum Gasteiger partial charge on any atom is -0.456 e. The van der Waals surface area contributed by atoms with E-state index in [4.69, 9.17) is 4.74 Å². The number of hydrogen-bond acceptors (Lipinski definition) is 5. The Bertz CT molecular complexity index is 1020. The summed E-state index contributed by atoms with van der Waals surface area (Å²) in [6.45, 7) is 3.72. The lowest BCUT2D eigenvalue weighted by atomic mass is 10.0. The molecule has 1 aliphatic carbocycles. The molecule has 0 spiro atoms. The number of fused-ring (bicyclic) bond motifs is 1. The molecule has 2 aromatic carbocycles. The van der Waals surface area contributed by atoms with Crippen LogP contribution in [0.15, 0.2) is 36.4 Å². The van der Waals surface area contributed by atoms with Crippen LogP contribution in [-0.2, 0) is 27.2 Å². The maximum absolute atomic E-state index is 12.4. The van der Waals surface area contributed by atoms with Crippen molar-refractivity contribution in [3.63, 3.8) is 0 Å². The molecule has 32 heavy (non-hydrogen) atoms. The first-order valence-corrected chi connectivity index (χ1v) is 11.5. The molecule has 1 N–H and O–H groups in total. The number of nitrogens with zero attached hydrogens (tertiary/aromatic N) is 1. The third-order valence-corrected chi connectivity index (χ3v) is 6.30. The van der Waals surface area contributed by atoms with Crippen molar-refractivity contribution in [1.29, 1.82) is 0 Å². The summed E-state index contributed by atoms with van der Waals surface area (Å²) in [6, 6.07) is 11.8. The highest BCUT2D eigenvalue weighted by Gasteiger charge is 2.17. The summed E-state index contributed by atoms with van der Waals surface area (Å²) < 4.78 is 5.07. The normalized spacial score (nSPS) is 14.8. The number of ether oxygens (including phenoxy) is 1. The Hall–Kier alpha value is -3.15. The van der Waals surface area contributed by atoms with E-state index < -0.39 is 5.97 Å². The van der Waals surface area contributed by atoms with Crippen molar-refractivity contribution >= 4 is 29.0 Å². The minimum absolute atomic E-state index is 0.0350. The van der Waals surface area contributed by atoms with Crippen molar-refractivity contribution in [2.45, 2.75) is 51.9 Å². The molecule has 0 bridgehead atoms. The van der Waals surface area contributed by atoms with Crippen LogP contribution in [0.2, 0.25) is 0 Å². The molecular weight excluding hydrogens is 404 g/mol. The molecule has 0 atom stereocenters. The molecule has 6 nitrogen and oxygen atoms in total. The van der Waals surface area contributed by atoms with Crippen molar-refractivity contribution in [1.82, 2.24) is 0 Å². The van der Waals surface area contributed by atoms with E-state index in [0.717, 1.165) is 43.6 Å². The van der Waals surface area contributed by atoms with E-state index in [1.807, 2.05) is 37.3 Å². The van der Waals surface area contributed by atoms with Crippen LogP contribution < -0.4 is 10.2 Å². The average Bonchev–Trinajstić information content (AvgIpc) is 3.49. The number of hydrogen-bond donors (Lipinski definition) is 1. The minimum atomic E-state index is -0.546. The molecule has 0 saturated carbocycles. The van der Waals surface area contributed by atoms with Crippen molar-refractivity contribution in [2.75, 3.05) is 29.9 Å². The number of nitrogens with one attached hydrogen (secondary N) is 1. The highest BCUT2D eigenvalue weighted by molar-refractivity contribution is 5.98. The van der Waals surface area contributed by atoms with Gasteiger partial charge in [-0.1, -0.05) is 12.1 Å². The number of esters is 1. The number of ketones is 1. The van der Waals surface area contributed by atoms with E-state index in [1.54, 1.807) is 0 Å². The molecule has 1 saturated heterocycles. The number of carbonyl (C=O) groups excluding carboxylic acids is 3. The monoisotopic (exact) mass is 434 g/mol. The van der Waals surface area contributed by atoms with Crippen molar-refractivity contribution in [2.24, 2.45) is 0 Å². The molecule has 0 radical (unpaired) electrons. The number of benzene rings is 2. The van der Waals surface area contributed by atoms with Gasteiger partial charge in [0, 0.05) is 36.4 Å². The zero-order valence-corrected chi connectivity index (χ0v) is 18.6. The number of Topliss-reactive ketones (excluding diaryl/α,β-unsaturated/α-hetero) is 1. The van der Waals surface area contributed by atoms with E-state index in [-0.39, 0.29) is 31.1 Å². The quantitative estimate of drug-likeness (QED) is 0.497. The predicted octanol–water partition coefficient (Wildman–Crippen LogP) is 4.23. The number of rotatable bonds is 8. The lowest BCUT2D eigenvalue weighted by Crippen LogP contribution is -2.22. The van der Waals surface area contributed by atoms with Gasteiger partial charge in [0.1, 0.15) is 0 Å². The lowest BCUT2D eigenvalue weighted by Gasteiger charge is -2.19. The zero-order chi connectivity index (χ0) is 22.5. The van der Waals surface area contributed by atoms with Gasteiger partial charge in [-0.15, -0.1) is 0 Å². The Labute approximate surface area is 188 Å². The Morgan fingerprint density at radius 2 is 1.72 bits per heavy atom. The molecule has 1 amide bonds. The topological polar surface area (TPSA) is 75.7 Å². The molecule has 168 valence electrons. The number of carbonyl (C=O) groups is 3. The fraction of sp³-hybridized carbons (Fsp3) is 0.423. The number of anilines is 2. The van der Waals surface area contributed by atoms with E-state index in [9.17, 15) is 14.4 Å². The van der Waals surface area contributed by atoms with Crippen LogP contribution >= 0.6 is 0 Å². The lowest BCUT2D eigenvalue weighted by molar-refractivity contribution is -0.147. The van der Waals surface area contributed by atoms with Crippen LogP contribution in [0.3, 0.4) is 0 Å². The first kappa shape index (κ1) is 22.1. The number of amides is 1. The maximum atomic E-state index is 12.4. The van der Waals surface area contributed by atoms with E-state index >= 15 is 0 Å². The van der Waals surface area contributed by atoms with Gasteiger partial charge in [-0.05, 0) is 80.0 Å². The third kappa shape index (κ3) is 5.36. The first-order chi connectivity index (χ1) is 15.5. The second kappa shape index (κ2) is 9.98. The molecule has 0 unspecified atom stereocenters. The summed E-state index contributed by atoms with van der Waals surface area (Å²) in [4.78, 5) is 39.0. The van der Waals surface area contributed by atoms with Crippen LogP contribution in [0.1, 0.15) is 59.2 Å². The molecule has 2 aromatic rings. The molecule has 1 aliphatic heterocycles. The second-order valence-corrected chi connectivity index (χ2v) is 8.66. The summed E-state index contributed by atoms with van der Waals surface area (Å²) in [7, 11) is 0. The van der Waals surface area contributed by atoms with Crippen LogP contribution in [0.4, 0.5) is 11.4 Å². The Balaban J connectivity index is 1.21. The molecular formula is C26H30N2O4. The van der Waals surface area contributed by atoms with Crippen LogP contribution in [0.5, 0.6) is 0 Å².